The summed E-state index contributed by atoms with van der Waals surface area (Å²) in [7, 11) is 0. The third kappa shape index (κ3) is 3.64. The Kier molecular flexibility index (Phi) is 4.56. The lowest BCUT2D eigenvalue weighted by molar-refractivity contribution is 0.106. The van der Waals surface area contributed by atoms with Crippen molar-refractivity contribution in [1.29, 1.82) is 0 Å². The van der Waals surface area contributed by atoms with E-state index < -0.39 is 0 Å². The molecule has 1 aliphatic rings. The van der Waals surface area contributed by atoms with E-state index in [0.717, 1.165) is 25.0 Å². The fourth-order valence-corrected chi connectivity index (χ4v) is 3.05. The van der Waals surface area contributed by atoms with Crippen LogP contribution in [0.3, 0.4) is 0 Å². The highest BCUT2D eigenvalue weighted by Crippen LogP contribution is 2.33. The molecule has 0 amide bonds. The molecule has 2 aromatic rings. The van der Waals surface area contributed by atoms with Crippen LogP contribution in [0.15, 0.2) is 54.6 Å². The van der Waals surface area contributed by atoms with E-state index in [1.807, 2.05) is 30.3 Å². The average Bonchev–Trinajstić information content (AvgIpc) is 2.55. The molecule has 0 spiro atoms. The minimum Gasteiger partial charge on any atom is -0.489 e. The van der Waals surface area contributed by atoms with Crippen molar-refractivity contribution in [2.24, 2.45) is 0 Å². The Hall–Kier alpha value is -1.80. The lowest BCUT2D eigenvalue weighted by Gasteiger charge is -2.28. The van der Waals surface area contributed by atoms with Gasteiger partial charge in [0.25, 0.3) is 0 Å². The molecule has 2 atom stereocenters. The molecule has 0 heterocycles. The fraction of sp³-hybridized carbons (Fsp3) is 0.368. The van der Waals surface area contributed by atoms with Crippen LogP contribution in [0.25, 0.3) is 0 Å². The minimum atomic E-state index is -0.185. The molecule has 0 bridgehead atoms. The van der Waals surface area contributed by atoms with Gasteiger partial charge in [-0.3, -0.25) is 0 Å². The van der Waals surface area contributed by atoms with Gasteiger partial charge < -0.3 is 9.84 Å². The summed E-state index contributed by atoms with van der Waals surface area (Å²) in [5, 5.41) is 10.1. The third-order valence-corrected chi connectivity index (χ3v) is 4.29. The van der Waals surface area contributed by atoms with Crippen molar-refractivity contribution < 1.29 is 9.84 Å². The van der Waals surface area contributed by atoms with E-state index in [9.17, 15) is 5.11 Å². The van der Waals surface area contributed by atoms with Gasteiger partial charge in [0.2, 0.25) is 0 Å². The summed E-state index contributed by atoms with van der Waals surface area (Å²) in [6, 6.07) is 18.4. The maximum absolute atomic E-state index is 10.1. The summed E-state index contributed by atoms with van der Waals surface area (Å²) in [5.74, 6) is 1.18. The molecular weight excluding hydrogens is 260 g/mol. The topological polar surface area (TPSA) is 29.5 Å². The number of hydrogen-bond donors (Lipinski definition) is 1. The van der Waals surface area contributed by atoms with Gasteiger partial charge in [-0.2, -0.15) is 0 Å². The number of benzene rings is 2. The monoisotopic (exact) mass is 282 g/mol. The Morgan fingerprint density at radius 2 is 1.62 bits per heavy atom. The van der Waals surface area contributed by atoms with E-state index in [4.69, 9.17) is 4.74 Å². The van der Waals surface area contributed by atoms with E-state index in [1.54, 1.807) is 0 Å². The molecule has 1 aliphatic carbocycles. The molecule has 1 fully saturated rings. The second-order valence-corrected chi connectivity index (χ2v) is 5.80. The van der Waals surface area contributed by atoms with Gasteiger partial charge in [0.1, 0.15) is 12.4 Å². The standard InChI is InChI=1S/C19H22O2/c20-19-9-5-4-8-18(19)16-10-12-17(13-11-16)21-14-15-6-2-1-3-7-15/h1-3,6-7,10-13,18-20H,4-5,8-9,14H2/t18-,19+/m0/s1. The summed E-state index contributed by atoms with van der Waals surface area (Å²) in [6.07, 6.45) is 4.20. The Bertz CT molecular complexity index is 548. The maximum atomic E-state index is 10.1. The lowest BCUT2D eigenvalue weighted by Crippen LogP contribution is -2.22. The molecule has 110 valence electrons. The highest BCUT2D eigenvalue weighted by Gasteiger charge is 2.24. The molecule has 21 heavy (non-hydrogen) atoms. The average molecular weight is 282 g/mol. The Morgan fingerprint density at radius 3 is 2.33 bits per heavy atom. The van der Waals surface area contributed by atoms with Crippen molar-refractivity contribution in [2.75, 3.05) is 0 Å². The van der Waals surface area contributed by atoms with Gasteiger partial charge in [0.15, 0.2) is 0 Å². The molecular formula is C19H22O2. The maximum Gasteiger partial charge on any atom is 0.119 e. The fourth-order valence-electron chi connectivity index (χ4n) is 3.05. The molecule has 2 nitrogen and oxygen atoms in total. The van der Waals surface area contributed by atoms with Crippen LogP contribution in [0.4, 0.5) is 0 Å². The largest absolute Gasteiger partial charge is 0.489 e. The minimum absolute atomic E-state index is 0.185. The van der Waals surface area contributed by atoms with Crippen molar-refractivity contribution in [3.05, 3.63) is 65.7 Å². The van der Waals surface area contributed by atoms with Crippen LogP contribution < -0.4 is 4.74 Å². The number of ether oxygens (including phenoxy) is 1. The first kappa shape index (κ1) is 14.2. The molecule has 2 aromatic carbocycles. The predicted octanol–water partition coefficient (Wildman–Crippen LogP) is 4.28. The zero-order valence-corrected chi connectivity index (χ0v) is 12.2. The second-order valence-electron chi connectivity index (χ2n) is 5.80. The third-order valence-electron chi connectivity index (χ3n) is 4.29. The van der Waals surface area contributed by atoms with E-state index in [2.05, 4.69) is 24.3 Å². The summed E-state index contributed by atoms with van der Waals surface area (Å²) >= 11 is 0. The van der Waals surface area contributed by atoms with Crippen molar-refractivity contribution in [1.82, 2.24) is 0 Å². The molecule has 1 N–H and O–H groups in total. The highest BCUT2D eigenvalue weighted by atomic mass is 16.5. The first-order valence-corrected chi connectivity index (χ1v) is 7.78. The SMILES string of the molecule is O[C@@H]1CCCC[C@H]1c1ccc(OCc2ccccc2)cc1. The molecule has 1 saturated carbocycles. The van der Waals surface area contributed by atoms with Gasteiger partial charge in [-0.25, -0.2) is 0 Å². The normalized spacial score (nSPS) is 22.0. The molecule has 0 radical (unpaired) electrons. The van der Waals surface area contributed by atoms with Crippen LogP contribution in [-0.2, 0) is 6.61 Å². The summed E-state index contributed by atoms with van der Waals surface area (Å²) in [4.78, 5) is 0. The predicted molar refractivity (Wildman–Crippen MR) is 84.4 cm³/mol. The second kappa shape index (κ2) is 6.77. The Balaban J connectivity index is 1.61. The van der Waals surface area contributed by atoms with E-state index in [-0.39, 0.29) is 6.10 Å². The zero-order chi connectivity index (χ0) is 14.5. The van der Waals surface area contributed by atoms with Crippen molar-refractivity contribution >= 4 is 0 Å². The van der Waals surface area contributed by atoms with Crippen LogP contribution in [0, 0.1) is 0 Å². The van der Waals surface area contributed by atoms with Gasteiger partial charge in [-0.15, -0.1) is 0 Å². The first-order valence-electron chi connectivity index (χ1n) is 7.78. The number of hydrogen-bond acceptors (Lipinski definition) is 2. The van der Waals surface area contributed by atoms with Crippen LogP contribution in [-0.4, -0.2) is 11.2 Å². The van der Waals surface area contributed by atoms with Crippen LogP contribution in [0.1, 0.15) is 42.7 Å². The Labute approximate surface area is 126 Å². The molecule has 0 unspecified atom stereocenters. The van der Waals surface area contributed by atoms with Crippen LogP contribution in [0.2, 0.25) is 0 Å². The lowest BCUT2D eigenvalue weighted by atomic mass is 9.82. The van der Waals surface area contributed by atoms with E-state index >= 15 is 0 Å². The zero-order valence-electron chi connectivity index (χ0n) is 12.2. The molecule has 0 saturated heterocycles. The first-order chi connectivity index (χ1) is 10.3. The molecule has 2 heteroatoms. The van der Waals surface area contributed by atoms with Gasteiger partial charge in [-0.1, -0.05) is 55.3 Å². The van der Waals surface area contributed by atoms with Crippen molar-refractivity contribution in [3.8, 4) is 5.75 Å². The summed E-state index contributed by atoms with van der Waals surface area (Å²) in [5.41, 5.74) is 2.40. The number of rotatable bonds is 4. The molecule has 0 aliphatic heterocycles. The Morgan fingerprint density at radius 1 is 0.905 bits per heavy atom. The number of aliphatic hydroxyl groups is 1. The molecule has 3 rings (SSSR count). The van der Waals surface area contributed by atoms with E-state index in [1.165, 1.54) is 17.5 Å². The van der Waals surface area contributed by atoms with Gasteiger partial charge in [-0.05, 0) is 36.1 Å². The van der Waals surface area contributed by atoms with Crippen molar-refractivity contribution in [3.63, 3.8) is 0 Å². The van der Waals surface area contributed by atoms with Gasteiger partial charge >= 0.3 is 0 Å². The highest BCUT2D eigenvalue weighted by molar-refractivity contribution is 5.30. The van der Waals surface area contributed by atoms with Crippen LogP contribution in [0.5, 0.6) is 5.75 Å². The van der Waals surface area contributed by atoms with Crippen molar-refractivity contribution in [2.45, 2.75) is 44.3 Å². The van der Waals surface area contributed by atoms with Crippen LogP contribution >= 0.6 is 0 Å². The molecule has 0 aromatic heterocycles. The van der Waals surface area contributed by atoms with E-state index in [0.29, 0.717) is 12.5 Å². The summed E-state index contributed by atoms with van der Waals surface area (Å²) in [6.45, 7) is 0.590. The van der Waals surface area contributed by atoms with Gasteiger partial charge in [0.05, 0.1) is 6.10 Å². The quantitative estimate of drug-likeness (QED) is 0.906. The summed E-state index contributed by atoms with van der Waals surface area (Å²) < 4.78 is 5.80. The van der Waals surface area contributed by atoms with Gasteiger partial charge in [0, 0.05) is 5.92 Å². The smallest absolute Gasteiger partial charge is 0.119 e. The number of aliphatic hydroxyl groups excluding tert-OH is 1.